The maximum atomic E-state index is 10.8. The van der Waals surface area contributed by atoms with Gasteiger partial charge in [0.15, 0.2) is 0 Å². The van der Waals surface area contributed by atoms with E-state index in [0.29, 0.717) is 14.6 Å². The number of benzene rings is 1. The molecule has 0 aromatic heterocycles. The van der Waals surface area contributed by atoms with Gasteiger partial charge in [-0.25, -0.2) is 0 Å². The molecule has 0 amide bonds. The number of anilines is 1. The van der Waals surface area contributed by atoms with Gasteiger partial charge in [-0.2, -0.15) is 0 Å². The number of nitrogens with two attached hydrogens (primary N) is 1. The van der Waals surface area contributed by atoms with Crippen LogP contribution in [0.15, 0.2) is 21.1 Å². The van der Waals surface area contributed by atoms with Gasteiger partial charge in [-0.1, -0.05) is 0 Å². The molecule has 1 aromatic carbocycles. The molecular weight excluding hydrogens is 366 g/mol. The van der Waals surface area contributed by atoms with Crippen molar-refractivity contribution in [3.05, 3.63) is 26.6 Å². The average molecular weight is 372 g/mol. The Labute approximate surface area is 111 Å². The minimum absolute atomic E-state index is 0.133. The predicted molar refractivity (Wildman–Crippen MR) is 65.6 cm³/mol. The van der Waals surface area contributed by atoms with Crippen LogP contribution in [0.1, 0.15) is 10.8 Å². The van der Waals surface area contributed by atoms with Crippen LogP contribution in [0.3, 0.4) is 0 Å². The molecule has 0 saturated carbocycles. The Morgan fingerprint density at radius 2 is 1.88 bits per heavy atom. The van der Waals surface area contributed by atoms with Crippen LogP contribution in [0.2, 0.25) is 0 Å². The zero-order valence-electron chi connectivity index (χ0n) is 7.65. The van der Waals surface area contributed by atoms with Gasteiger partial charge in [0.25, 0.3) is 0 Å². The Morgan fingerprint density at radius 1 is 1.44 bits per heavy atom. The molecule has 1 aromatic rings. The second kappa shape index (κ2) is 5.26. The summed E-state index contributed by atoms with van der Waals surface area (Å²) in [5, 5.41) is 7.19. The minimum Gasteiger partial charge on any atom is -0.771 e. The molecule has 88 valence electrons. The van der Waals surface area contributed by atoms with Crippen LogP contribution >= 0.6 is 31.9 Å². The zero-order valence-corrected chi connectivity index (χ0v) is 11.6. The highest BCUT2D eigenvalue weighted by atomic mass is 79.9. The van der Waals surface area contributed by atoms with Gasteiger partial charge in [-0.15, -0.1) is 0 Å². The lowest BCUT2D eigenvalue weighted by Crippen LogP contribution is -2.17. The van der Waals surface area contributed by atoms with Crippen molar-refractivity contribution in [2.45, 2.75) is 5.25 Å². The number of carboxylic acid groups (broad SMARTS) is 1. The van der Waals surface area contributed by atoms with Crippen molar-refractivity contribution >= 4 is 54.6 Å². The molecule has 2 atom stereocenters. The van der Waals surface area contributed by atoms with E-state index in [9.17, 15) is 13.6 Å². The van der Waals surface area contributed by atoms with Crippen LogP contribution in [0.25, 0.3) is 0 Å². The van der Waals surface area contributed by atoms with Gasteiger partial charge in [0.1, 0.15) is 5.25 Å². The van der Waals surface area contributed by atoms with E-state index in [0.717, 1.165) is 0 Å². The van der Waals surface area contributed by atoms with E-state index in [1.165, 1.54) is 12.1 Å². The first-order valence-corrected chi connectivity index (χ1v) is 6.62. The molecule has 16 heavy (non-hydrogen) atoms. The first kappa shape index (κ1) is 13.6. The second-order valence-corrected chi connectivity index (χ2v) is 5.58. The second-order valence-electron chi connectivity index (χ2n) is 2.88. The Bertz CT molecular complexity index is 428. The number of hydrogen-bond acceptors (Lipinski definition) is 4. The van der Waals surface area contributed by atoms with Crippen LogP contribution in [0.4, 0.5) is 5.69 Å². The van der Waals surface area contributed by atoms with Crippen molar-refractivity contribution in [1.82, 2.24) is 0 Å². The lowest BCUT2D eigenvalue weighted by molar-refractivity contribution is -0.136. The molecule has 0 heterocycles. The van der Waals surface area contributed by atoms with Gasteiger partial charge in [-0.05, 0) is 60.6 Å². The number of aliphatic carboxylic acids is 1. The van der Waals surface area contributed by atoms with Gasteiger partial charge in [-0.3, -0.25) is 9.00 Å². The molecule has 0 aliphatic heterocycles. The quantitative estimate of drug-likeness (QED) is 0.622. The summed E-state index contributed by atoms with van der Waals surface area (Å²) in [5.74, 6) is -1.43. The molecule has 0 fully saturated rings. The van der Waals surface area contributed by atoms with Gasteiger partial charge in [0.05, 0.1) is 5.69 Å². The summed E-state index contributed by atoms with van der Waals surface area (Å²) in [6.07, 6.45) is 0. The molecule has 5 nitrogen and oxygen atoms in total. The highest BCUT2D eigenvalue weighted by Crippen LogP contribution is 2.33. The fourth-order valence-electron chi connectivity index (χ4n) is 1.09. The Kier molecular flexibility index (Phi) is 4.48. The summed E-state index contributed by atoms with van der Waals surface area (Å²) in [4.78, 5) is 10.8. The van der Waals surface area contributed by atoms with Crippen LogP contribution in [0, 0.1) is 0 Å². The van der Waals surface area contributed by atoms with Gasteiger partial charge in [0, 0.05) is 8.95 Å². The smallest absolute Gasteiger partial charge is 0.322 e. The van der Waals surface area contributed by atoms with Crippen LogP contribution in [-0.2, 0) is 15.9 Å². The fraction of sp³-hybridized carbons (Fsp3) is 0.125. The van der Waals surface area contributed by atoms with Gasteiger partial charge < -0.3 is 15.4 Å². The molecule has 2 unspecified atom stereocenters. The Morgan fingerprint density at radius 3 is 2.19 bits per heavy atom. The molecule has 0 radical (unpaired) electrons. The highest BCUT2D eigenvalue weighted by molar-refractivity contribution is 9.11. The Hall–Kier alpha value is -0.440. The van der Waals surface area contributed by atoms with Crippen molar-refractivity contribution in [1.29, 1.82) is 0 Å². The first-order chi connectivity index (χ1) is 7.34. The predicted octanol–water partition coefficient (Wildman–Crippen LogP) is 1.80. The van der Waals surface area contributed by atoms with Crippen molar-refractivity contribution in [2.75, 3.05) is 5.73 Å². The number of nitrogen functional groups attached to an aromatic ring is 1. The summed E-state index contributed by atoms with van der Waals surface area (Å²) in [5.41, 5.74) is 6.12. The number of rotatable bonds is 3. The van der Waals surface area contributed by atoms with E-state index >= 15 is 0 Å². The normalized spacial score (nSPS) is 14.4. The van der Waals surface area contributed by atoms with Crippen molar-refractivity contribution < 1.29 is 18.7 Å². The summed E-state index contributed by atoms with van der Waals surface area (Å²) in [6.45, 7) is 0. The van der Waals surface area contributed by atoms with E-state index in [1.54, 1.807) is 0 Å². The molecule has 0 aliphatic rings. The fourth-order valence-corrected chi connectivity index (χ4v) is 2.84. The van der Waals surface area contributed by atoms with E-state index in [1.807, 2.05) is 0 Å². The lowest BCUT2D eigenvalue weighted by atomic mass is 10.1. The highest BCUT2D eigenvalue weighted by Gasteiger charge is 2.22. The van der Waals surface area contributed by atoms with Crippen LogP contribution in [0.5, 0.6) is 0 Å². The topological polar surface area (TPSA) is 103 Å². The number of carboxylic acids is 1. The van der Waals surface area contributed by atoms with Crippen molar-refractivity contribution in [3.63, 3.8) is 0 Å². The van der Waals surface area contributed by atoms with Crippen LogP contribution < -0.4 is 5.73 Å². The third-order valence-electron chi connectivity index (χ3n) is 1.82. The standard InChI is InChI=1S/C8H7Br2NO4S/c9-4-1-3(2-5(10)6(4)11)7(8(12)13)16(14)15/h1-2,7H,11H2,(H,12,13)(H,14,15)/p-1. The summed E-state index contributed by atoms with van der Waals surface area (Å²) < 4.78 is 22.5. The molecular formula is C8H6Br2NO4S-. The Balaban J connectivity index is 3.32. The van der Waals surface area contributed by atoms with Crippen LogP contribution in [-0.4, -0.2) is 19.8 Å². The summed E-state index contributed by atoms with van der Waals surface area (Å²) >= 11 is 3.49. The lowest BCUT2D eigenvalue weighted by Gasteiger charge is -2.17. The van der Waals surface area contributed by atoms with Gasteiger partial charge in [0.2, 0.25) is 0 Å². The zero-order chi connectivity index (χ0) is 12.5. The molecule has 3 N–H and O–H groups in total. The summed E-state index contributed by atoms with van der Waals surface area (Å²) in [6, 6.07) is 2.74. The molecule has 1 rings (SSSR count). The van der Waals surface area contributed by atoms with E-state index in [-0.39, 0.29) is 5.56 Å². The number of hydrogen-bond donors (Lipinski definition) is 2. The summed E-state index contributed by atoms with van der Waals surface area (Å²) in [7, 11) is 0. The third-order valence-corrected chi connectivity index (χ3v) is 3.99. The SMILES string of the molecule is Nc1c(Br)cc(C(C(=O)O)S(=O)[O-])cc1Br. The molecule has 8 heteroatoms. The molecule has 0 spiro atoms. The number of carbonyl (C=O) groups is 1. The molecule has 0 bridgehead atoms. The van der Waals surface area contributed by atoms with Gasteiger partial charge >= 0.3 is 5.97 Å². The number of halogens is 2. The third kappa shape index (κ3) is 2.82. The maximum absolute atomic E-state index is 10.8. The first-order valence-electron chi connectivity index (χ1n) is 3.90. The van der Waals surface area contributed by atoms with E-state index in [4.69, 9.17) is 10.8 Å². The minimum atomic E-state index is -2.74. The average Bonchev–Trinajstić information content (AvgIpc) is 2.12. The van der Waals surface area contributed by atoms with Crippen molar-refractivity contribution in [2.24, 2.45) is 0 Å². The molecule has 0 saturated heterocycles. The molecule has 0 aliphatic carbocycles. The van der Waals surface area contributed by atoms with E-state index in [2.05, 4.69) is 31.9 Å². The largest absolute Gasteiger partial charge is 0.771 e. The van der Waals surface area contributed by atoms with Crippen molar-refractivity contribution in [3.8, 4) is 0 Å². The monoisotopic (exact) mass is 370 g/mol. The van der Waals surface area contributed by atoms with E-state index < -0.39 is 22.3 Å². The maximum Gasteiger partial charge on any atom is 0.322 e.